The first-order valence-corrected chi connectivity index (χ1v) is 4.88. The molecule has 1 fully saturated rings. The molecule has 0 radical (unpaired) electrons. The SMILES string of the molecule is CC(C)CC(C)C1(F)CC(N)C1. The molecular formula is C10H20FN. The van der Waals surface area contributed by atoms with Crippen LogP contribution in [0.25, 0.3) is 0 Å². The molecule has 72 valence electrons. The molecule has 0 aliphatic heterocycles. The number of alkyl halides is 1. The summed E-state index contributed by atoms with van der Waals surface area (Å²) in [6, 6.07) is 0.115. The summed E-state index contributed by atoms with van der Waals surface area (Å²) >= 11 is 0. The average Bonchev–Trinajstić information content (AvgIpc) is 1.82. The Bertz CT molecular complexity index is 150. The van der Waals surface area contributed by atoms with Crippen molar-refractivity contribution in [3.63, 3.8) is 0 Å². The van der Waals surface area contributed by atoms with Crippen LogP contribution >= 0.6 is 0 Å². The predicted molar refractivity (Wildman–Crippen MR) is 49.7 cm³/mol. The summed E-state index contributed by atoms with van der Waals surface area (Å²) in [6.07, 6.45) is 2.12. The van der Waals surface area contributed by atoms with Crippen LogP contribution in [-0.2, 0) is 0 Å². The van der Waals surface area contributed by atoms with Crippen molar-refractivity contribution in [1.82, 2.24) is 0 Å². The summed E-state index contributed by atoms with van der Waals surface area (Å²) in [6.45, 7) is 6.28. The lowest BCUT2D eigenvalue weighted by Gasteiger charge is -2.44. The van der Waals surface area contributed by atoms with Crippen LogP contribution < -0.4 is 5.73 Å². The first kappa shape index (κ1) is 9.97. The van der Waals surface area contributed by atoms with Gasteiger partial charge in [-0.2, -0.15) is 0 Å². The van der Waals surface area contributed by atoms with Crippen molar-refractivity contribution in [1.29, 1.82) is 0 Å². The Morgan fingerprint density at radius 3 is 2.25 bits per heavy atom. The molecule has 1 aliphatic carbocycles. The van der Waals surface area contributed by atoms with E-state index in [9.17, 15) is 4.39 Å². The molecule has 1 atom stereocenters. The maximum Gasteiger partial charge on any atom is 0.116 e. The highest BCUT2D eigenvalue weighted by atomic mass is 19.1. The highest BCUT2D eigenvalue weighted by molar-refractivity contribution is 5.00. The van der Waals surface area contributed by atoms with Gasteiger partial charge < -0.3 is 5.73 Å². The minimum atomic E-state index is -0.941. The standard InChI is InChI=1S/C10H20FN/c1-7(2)4-8(3)10(11)5-9(12)6-10/h7-9H,4-6,12H2,1-3H3. The van der Waals surface area contributed by atoms with Gasteiger partial charge in [0.25, 0.3) is 0 Å². The van der Waals surface area contributed by atoms with Gasteiger partial charge in [0.1, 0.15) is 5.67 Å². The summed E-state index contributed by atoms with van der Waals surface area (Å²) in [5.41, 5.74) is 4.64. The zero-order valence-electron chi connectivity index (χ0n) is 8.31. The highest BCUT2D eigenvalue weighted by Gasteiger charge is 2.46. The Kier molecular flexibility index (Phi) is 2.77. The number of nitrogens with two attached hydrogens (primary N) is 1. The van der Waals surface area contributed by atoms with E-state index in [1.807, 2.05) is 6.92 Å². The van der Waals surface area contributed by atoms with Crippen molar-refractivity contribution < 1.29 is 4.39 Å². The van der Waals surface area contributed by atoms with Crippen LogP contribution in [0, 0.1) is 11.8 Å². The number of rotatable bonds is 3. The van der Waals surface area contributed by atoms with Gasteiger partial charge in [-0.3, -0.25) is 0 Å². The van der Waals surface area contributed by atoms with Crippen LogP contribution in [0.4, 0.5) is 4.39 Å². The van der Waals surface area contributed by atoms with Crippen molar-refractivity contribution in [3.8, 4) is 0 Å². The Hall–Kier alpha value is -0.110. The van der Waals surface area contributed by atoms with E-state index in [0.717, 1.165) is 6.42 Å². The van der Waals surface area contributed by atoms with E-state index in [-0.39, 0.29) is 12.0 Å². The van der Waals surface area contributed by atoms with E-state index < -0.39 is 5.67 Å². The molecule has 12 heavy (non-hydrogen) atoms. The molecule has 0 saturated heterocycles. The predicted octanol–water partition coefficient (Wildman–Crippen LogP) is 2.50. The molecule has 1 rings (SSSR count). The Balaban J connectivity index is 2.37. The molecule has 1 nitrogen and oxygen atoms in total. The normalized spacial score (nSPS) is 38.0. The second-order valence-electron chi connectivity index (χ2n) is 4.73. The Labute approximate surface area is 74.5 Å². The maximum absolute atomic E-state index is 13.8. The summed E-state index contributed by atoms with van der Waals surface area (Å²) in [5.74, 6) is 0.766. The number of hydrogen-bond acceptors (Lipinski definition) is 1. The van der Waals surface area contributed by atoms with Crippen LogP contribution in [0.2, 0.25) is 0 Å². The molecule has 0 bridgehead atoms. The van der Waals surface area contributed by atoms with Gasteiger partial charge in [-0.05, 0) is 31.1 Å². The molecule has 1 saturated carbocycles. The molecule has 0 aromatic rings. The zero-order valence-corrected chi connectivity index (χ0v) is 8.31. The lowest BCUT2D eigenvalue weighted by Crippen LogP contribution is -2.52. The molecule has 1 unspecified atom stereocenters. The summed E-state index contributed by atoms with van der Waals surface area (Å²) in [4.78, 5) is 0. The van der Waals surface area contributed by atoms with Crippen molar-refractivity contribution in [3.05, 3.63) is 0 Å². The Morgan fingerprint density at radius 2 is 1.92 bits per heavy atom. The van der Waals surface area contributed by atoms with E-state index in [2.05, 4.69) is 13.8 Å². The van der Waals surface area contributed by atoms with Gasteiger partial charge in [0.2, 0.25) is 0 Å². The molecule has 1 aliphatic rings. The minimum absolute atomic E-state index is 0.115. The monoisotopic (exact) mass is 173 g/mol. The van der Waals surface area contributed by atoms with Gasteiger partial charge in [0, 0.05) is 6.04 Å². The zero-order chi connectivity index (χ0) is 9.35. The van der Waals surface area contributed by atoms with Crippen LogP contribution in [0.1, 0.15) is 40.0 Å². The van der Waals surface area contributed by atoms with Gasteiger partial charge in [-0.15, -0.1) is 0 Å². The minimum Gasteiger partial charge on any atom is -0.327 e. The fourth-order valence-electron chi connectivity index (χ4n) is 2.13. The largest absolute Gasteiger partial charge is 0.327 e. The van der Waals surface area contributed by atoms with Gasteiger partial charge in [-0.25, -0.2) is 4.39 Å². The second-order valence-corrected chi connectivity index (χ2v) is 4.73. The molecular weight excluding hydrogens is 153 g/mol. The fourth-order valence-corrected chi connectivity index (χ4v) is 2.13. The quantitative estimate of drug-likeness (QED) is 0.697. The second kappa shape index (κ2) is 3.33. The first-order valence-electron chi connectivity index (χ1n) is 4.88. The van der Waals surface area contributed by atoms with E-state index >= 15 is 0 Å². The van der Waals surface area contributed by atoms with Gasteiger partial charge in [0.15, 0.2) is 0 Å². The fraction of sp³-hybridized carbons (Fsp3) is 1.00. The average molecular weight is 173 g/mol. The molecule has 0 aromatic heterocycles. The van der Waals surface area contributed by atoms with Crippen LogP contribution in [0.3, 0.4) is 0 Å². The molecule has 2 N–H and O–H groups in total. The summed E-state index contributed by atoms with van der Waals surface area (Å²) < 4.78 is 13.8. The van der Waals surface area contributed by atoms with E-state index in [4.69, 9.17) is 5.73 Å². The summed E-state index contributed by atoms with van der Waals surface area (Å²) in [7, 11) is 0. The van der Waals surface area contributed by atoms with Crippen LogP contribution in [0.15, 0.2) is 0 Å². The first-order chi connectivity index (χ1) is 5.44. The van der Waals surface area contributed by atoms with Gasteiger partial charge in [0.05, 0.1) is 0 Å². The third-order valence-corrected chi connectivity index (χ3v) is 2.91. The Morgan fingerprint density at radius 1 is 1.42 bits per heavy atom. The van der Waals surface area contributed by atoms with Crippen molar-refractivity contribution >= 4 is 0 Å². The molecule has 0 aromatic carbocycles. The van der Waals surface area contributed by atoms with Gasteiger partial charge >= 0.3 is 0 Å². The van der Waals surface area contributed by atoms with E-state index in [1.54, 1.807) is 0 Å². The summed E-state index contributed by atoms with van der Waals surface area (Å²) in [5, 5.41) is 0. The van der Waals surface area contributed by atoms with Crippen LogP contribution in [0.5, 0.6) is 0 Å². The third kappa shape index (κ3) is 1.98. The smallest absolute Gasteiger partial charge is 0.116 e. The third-order valence-electron chi connectivity index (χ3n) is 2.91. The maximum atomic E-state index is 13.8. The number of hydrogen-bond donors (Lipinski definition) is 1. The molecule has 0 heterocycles. The van der Waals surface area contributed by atoms with Crippen molar-refractivity contribution in [2.75, 3.05) is 0 Å². The van der Waals surface area contributed by atoms with Crippen molar-refractivity contribution in [2.24, 2.45) is 17.6 Å². The van der Waals surface area contributed by atoms with E-state index in [0.29, 0.717) is 18.8 Å². The molecule has 0 amide bonds. The number of halogens is 1. The van der Waals surface area contributed by atoms with Crippen molar-refractivity contribution in [2.45, 2.75) is 51.7 Å². The van der Waals surface area contributed by atoms with Crippen LogP contribution in [-0.4, -0.2) is 11.7 Å². The highest BCUT2D eigenvalue weighted by Crippen LogP contribution is 2.43. The van der Waals surface area contributed by atoms with E-state index in [1.165, 1.54) is 0 Å². The molecule has 2 heteroatoms. The molecule has 0 spiro atoms. The lowest BCUT2D eigenvalue weighted by molar-refractivity contribution is -0.0164. The van der Waals surface area contributed by atoms with Gasteiger partial charge in [-0.1, -0.05) is 20.8 Å². The topological polar surface area (TPSA) is 26.0 Å². The lowest BCUT2D eigenvalue weighted by atomic mass is 9.68.